The van der Waals surface area contributed by atoms with E-state index in [-0.39, 0.29) is 28.4 Å². The van der Waals surface area contributed by atoms with Gasteiger partial charge in [0.25, 0.3) is 6.71 Å². The van der Waals surface area contributed by atoms with E-state index in [4.69, 9.17) is 0 Å². The van der Waals surface area contributed by atoms with Crippen LogP contribution in [0.5, 0.6) is 0 Å². The maximum absolute atomic E-state index is 2.75. The third-order valence-corrected chi connectivity index (χ3v) is 17.2. The smallest absolute Gasteiger partial charge is 0.252 e. The van der Waals surface area contributed by atoms with Crippen molar-refractivity contribution in [1.29, 1.82) is 0 Å². The highest BCUT2D eigenvalue weighted by Gasteiger charge is 2.47. The largest absolute Gasteiger partial charge is 0.311 e. The number of aryl methyl sites for hydroxylation is 4. The number of aromatic nitrogens is 1. The first-order valence-corrected chi connectivity index (χ1v) is 26.7. The van der Waals surface area contributed by atoms with Crippen LogP contribution in [0.1, 0.15) is 153 Å². The molecule has 70 heavy (non-hydrogen) atoms. The van der Waals surface area contributed by atoms with Crippen molar-refractivity contribution in [2.45, 2.75) is 156 Å². The van der Waals surface area contributed by atoms with Crippen LogP contribution in [-0.2, 0) is 47.3 Å². The molecule has 2 aliphatic heterocycles. The Morgan fingerprint density at radius 1 is 0.386 bits per heavy atom. The van der Waals surface area contributed by atoms with Gasteiger partial charge in [-0.3, -0.25) is 0 Å². The molecule has 352 valence electrons. The molecule has 0 N–H and O–H groups in total. The molecule has 4 heteroatoms. The molecule has 0 saturated carbocycles. The van der Waals surface area contributed by atoms with Gasteiger partial charge in [0.2, 0.25) is 0 Å². The molecule has 0 atom stereocenters. The van der Waals surface area contributed by atoms with Crippen molar-refractivity contribution >= 4 is 95.3 Å². The predicted molar refractivity (Wildman–Crippen MR) is 303 cm³/mol. The van der Waals surface area contributed by atoms with E-state index in [1.165, 1.54) is 137 Å². The highest BCUT2D eigenvalue weighted by Crippen LogP contribution is 2.56. The molecule has 2 aromatic heterocycles. The second-order valence-electron chi connectivity index (χ2n) is 26.0. The number of benzene rings is 7. The van der Waals surface area contributed by atoms with Gasteiger partial charge in [-0.1, -0.05) is 132 Å². The Bertz CT molecular complexity index is 3400. The lowest BCUT2D eigenvalue weighted by Crippen LogP contribution is -2.61. The summed E-state index contributed by atoms with van der Waals surface area (Å²) in [6.07, 6.45) is 9.65. The van der Waals surface area contributed by atoms with Crippen LogP contribution in [0.3, 0.4) is 0 Å². The van der Waals surface area contributed by atoms with E-state index in [1.807, 2.05) is 0 Å². The third kappa shape index (κ3) is 6.39. The van der Waals surface area contributed by atoms with Gasteiger partial charge in [0, 0.05) is 44.3 Å². The Kier molecular flexibility index (Phi) is 9.29. The fraction of sp³-hybridized carbons (Fsp3) is 0.364. The van der Waals surface area contributed by atoms with Crippen molar-refractivity contribution in [2.75, 3.05) is 9.80 Å². The second kappa shape index (κ2) is 14.8. The SMILES string of the molecule is CC(C)(C)c1ccc(N2c3ccc(C(C)(C)C)cc3B3c4cc(C(C)(C)C)ccc4N(c4ccc(C(C)(C)C)cc4)c4c3c2c2c3cc5c(cc3n3c6cc7c(cc6c4c23)CCCC7)CCCC5)cc1. The van der Waals surface area contributed by atoms with Crippen LogP contribution in [0.2, 0.25) is 0 Å². The standard InChI is InChI=1S/C66H70BN3/c1-63(2,3)43-21-27-47(28-22-43)68-53-31-25-45(65(7,8)9)37-51(53)67-52-38-46(66(10,11)12)26-32-54(52)69(48-29-23-44(24-30-48)64(4,5)6)62-58-50-34-40-18-14-16-20-42(40)36-56(50)70-55-35-41-19-15-13-17-39(41)33-49(55)57(60(58)70)61(68)59(62)67/h21-38H,13-20H2,1-12H3. The molecule has 4 heterocycles. The molecule has 0 spiro atoms. The zero-order chi connectivity index (χ0) is 48.6. The topological polar surface area (TPSA) is 10.9 Å². The molecule has 3 nitrogen and oxygen atoms in total. The highest BCUT2D eigenvalue weighted by atomic mass is 15.2. The molecule has 7 aromatic carbocycles. The van der Waals surface area contributed by atoms with E-state index >= 15 is 0 Å². The van der Waals surface area contributed by atoms with Crippen LogP contribution in [-0.4, -0.2) is 11.1 Å². The van der Waals surface area contributed by atoms with Crippen LogP contribution < -0.4 is 26.2 Å². The minimum absolute atomic E-state index is 0.00634. The lowest BCUT2D eigenvalue weighted by Gasteiger charge is -2.45. The summed E-state index contributed by atoms with van der Waals surface area (Å²) in [5.74, 6) is 0. The summed E-state index contributed by atoms with van der Waals surface area (Å²) < 4.78 is 2.75. The molecule has 0 saturated heterocycles. The van der Waals surface area contributed by atoms with Gasteiger partial charge in [0.05, 0.1) is 27.9 Å². The lowest BCUT2D eigenvalue weighted by atomic mass is 9.33. The number of rotatable bonds is 2. The lowest BCUT2D eigenvalue weighted by molar-refractivity contribution is 0.590. The normalized spacial score (nSPS) is 16.0. The molecule has 0 radical (unpaired) electrons. The first kappa shape index (κ1) is 44.0. The van der Waals surface area contributed by atoms with Crippen LogP contribution in [0.4, 0.5) is 34.1 Å². The quantitative estimate of drug-likeness (QED) is 0.160. The van der Waals surface area contributed by atoms with E-state index in [2.05, 4.69) is 206 Å². The van der Waals surface area contributed by atoms with Crippen molar-refractivity contribution in [2.24, 2.45) is 0 Å². The monoisotopic (exact) mass is 916 g/mol. The number of nitrogens with zero attached hydrogens (tertiary/aromatic N) is 3. The van der Waals surface area contributed by atoms with E-state index < -0.39 is 0 Å². The summed E-state index contributed by atoms with van der Waals surface area (Å²) in [5, 5.41) is 5.61. The summed E-state index contributed by atoms with van der Waals surface area (Å²) in [5.41, 5.74) is 27.6. The molecule has 0 bridgehead atoms. The van der Waals surface area contributed by atoms with Crippen molar-refractivity contribution in [3.05, 3.63) is 154 Å². The first-order chi connectivity index (χ1) is 33.3. The molecule has 0 unspecified atom stereocenters. The molecule has 0 fully saturated rings. The Labute approximate surface area is 417 Å². The van der Waals surface area contributed by atoms with Gasteiger partial charge in [-0.05, 0) is 195 Å². The molecule has 9 aromatic rings. The molecular weight excluding hydrogens is 846 g/mol. The highest BCUT2D eigenvalue weighted by molar-refractivity contribution is 7.01. The van der Waals surface area contributed by atoms with Crippen LogP contribution >= 0.6 is 0 Å². The van der Waals surface area contributed by atoms with Crippen LogP contribution in [0.15, 0.2) is 109 Å². The summed E-state index contributed by atoms with van der Waals surface area (Å²) in [6.45, 7) is 28.3. The second-order valence-corrected chi connectivity index (χ2v) is 26.0. The third-order valence-electron chi connectivity index (χ3n) is 17.2. The van der Waals surface area contributed by atoms with E-state index in [0.717, 1.165) is 25.7 Å². The Balaban J connectivity index is 1.28. The zero-order valence-corrected chi connectivity index (χ0v) is 44.0. The summed E-state index contributed by atoms with van der Waals surface area (Å²) in [7, 11) is 0. The number of hydrogen-bond donors (Lipinski definition) is 0. The van der Waals surface area contributed by atoms with Gasteiger partial charge in [-0.2, -0.15) is 0 Å². The van der Waals surface area contributed by atoms with E-state index in [1.54, 1.807) is 22.3 Å². The van der Waals surface area contributed by atoms with Gasteiger partial charge in [0.1, 0.15) is 0 Å². The molecule has 2 aliphatic carbocycles. The Hall–Kier alpha value is -6.00. The number of hydrogen-bond acceptors (Lipinski definition) is 2. The van der Waals surface area contributed by atoms with Crippen molar-refractivity contribution in [1.82, 2.24) is 4.40 Å². The average Bonchev–Trinajstić information content (AvgIpc) is 3.82. The maximum Gasteiger partial charge on any atom is 0.252 e. The average molecular weight is 916 g/mol. The fourth-order valence-corrected chi connectivity index (χ4v) is 13.3. The Morgan fingerprint density at radius 3 is 1.09 bits per heavy atom. The molecule has 4 aliphatic rings. The van der Waals surface area contributed by atoms with E-state index in [9.17, 15) is 0 Å². The van der Waals surface area contributed by atoms with Gasteiger partial charge in [-0.15, -0.1) is 0 Å². The van der Waals surface area contributed by atoms with Gasteiger partial charge in [-0.25, -0.2) is 0 Å². The van der Waals surface area contributed by atoms with Crippen molar-refractivity contribution in [3.63, 3.8) is 0 Å². The molecule has 13 rings (SSSR count). The number of anilines is 6. The van der Waals surface area contributed by atoms with Crippen LogP contribution in [0.25, 0.3) is 38.1 Å². The van der Waals surface area contributed by atoms with Crippen LogP contribution in [0, 0.1) is 0 Å². The van der Waals surface area contributed by atoms with Gasteiger partial charge < -0.3 is 14.2 Å². The summed E-state index contributed by atoms with van der Waals surface area (Å²) >= 11 is 0. The molecule has 0 amide bonds. The molecular formula is C66H70BN3. The van der Waals surface area contributed by atoms with Crippen molar-refractivity contribution in [3.8, 4) is 0 Å². The Morgan fingerprint density at radius 2 is 0.729 bits per heavy atom. The van der Waals surface area contributed by atoms with Gasteiger partial charge in [0.15, 0.2) is 0 Å². The van der Waals surface area contributed by atoms with Crippen molar-refractivity contribution < 1.29 is 0 Å². The maximum atomic E-state index is 2.75. The fourth-order valence-electron chi connectivity index (χ4n) is 13.3. The number of fused-ring (bicyclic) bond motifs is 14. The minimum atomic E-state index is -0.0362. The minimum Gasteiger partial charge on any atom is -0.311 e. The first-order valence-electron chi connectivity index (χ1n) is 26.7. The zero-order valence-electron chi connectivity index (χ0n) is 44.0. The van der Waals surface area contributed by atoms with Gasteiger partial charge >= 0.3 is 0 Å². The predicted octanol–water partition coefficient (Wildman–Crippen LogP) is 15.9. The summed E-state index contributed by atoms with van der Waals surface area (Å²) in [6, 6.07) is 44.9. The summed E-state index contributed by atoms with van der Waals surface area (Å²) in [4.78, 5) is 5.44. The van der Waals surface area contributed by atoms with E-state index in [0.29, 0.717) is 0 Å².